The summed E-state index contributed by atoms with van der Waals surface area (Å²) in [6, 6.07) is 17.0. The Labute approximate surface area is 136 Å². The number of fused-ring (bicyclic) bond motifs is 1. The van der Waals surface area contributed by atoms with Gasteiger partial charge in [0.25, 0.3) is 0 Å². The maximum absolute atomic E-state index is 14.1. The number of halogens is 3. The van der Waals surface area contributed by atoms with Crippen LogP contribution in [-0.2, 0) is 0 Å². The predicted molar refractivity (Wildman–Crippen MR) is 90.5 cm³/mol. The van der Waals surface area contributed by atoms with Crippen LogP contribution in [0.4, 0.5) is 4.39 Å². The number of hydrogen-bond acceptors (Lipinski definition) is 0. The summed E-state index contributed by atoms with van der Waals surface area (Å²) >= 11 is 10.0. The number of alkyl halides is 1. The first-order valence-electron chi connectivity index (χ1n) is 6.65. The highest BCUT2D eigenvalue weighted by atomic mass is 79.9. The van der Waals surface area contributed by atoms with E-state index in [4.69, 9.17) is 11.6 Å². The van der Waals surface area contributed by atoms with Gasteiger partial charge in [-0.3, -0.25) is 0 Å². The molecule has 0 fully saturated rings. The minimum Gasteiger partial charge on any atom is -0.207 e. The molecule has 1 atom stereocenters. The third-order valence-corrected chi connectivity index (χ3v) is 4.62. The van der Waals surface area contributed by atoms with E-state index in [1.54, 1.807) is 12.1 Å². The molecule has 0 heterocycles. The lowest BCUT2D eigenvalue weighted by Gasteiger charge is -2.17. The number of hydrogen-bond donors (Lipinski definition) is 0. The van der Waals surface area contributed by atoms with Gasteiger partial charge in [0.05, 0.1) is 5.38 Å². The lowest BCUT2D eigenvalue weighted by molar-refractivity contribution is 0.612. The maximum atomic E-state index is 14.1. The van der Waals surface area contributed by atoms with Crippen molar-refractivity contribution in [3.63, 3.8) is 0 Å². The molecule has 0 aliphatic carbocycles. The van der Waals surface area contributed by atoms with Crippen LogP contribution < -0.4 is 0 Å². The molecule has 0 aliphatic rings. The van der Waals surface area contributed by atoms with Crippen molar-refractivity contribution in [1.82, 2.24) is 0 Å². The Hall–Kier alpha value is -1.38. The van der Waals surface area contributed by atoms with Crippen LogP contribution in [0.25, 0.3) is 10.8 Å². The normalized spacial score (nSPS) is 12.6. The summed E-state index contributed by atoms with van der Waals surface area (Å²) in [5.74, 6) is -0.287. The summed E-state index contributed by atoms with van der Waals surface area (Å²) in [5.41, 5.74) is 2.52. The molecule has 106 valence electrons. The van der Waals surface area contributed by atoms with Crippen LogP contribution in [0.1, 0.15) is 22.1 Å². The zero-order chi connectivity index (χ0) is 15.0. The molecule has 1 unspecified atom stereocenters. The largest absolute Gasteiger partial charge is 0.207 e. The van der Waals surface area contributed by atoms with E-state index in [9.17, 15) is 4.39 Å². The van der Waals surface area contributed by atoms with Crippen molar-refractivity contribution >= 4 is 38.3 Å². The fourth-order valence-corrected chi connectivity index (χ4v) is 3.44. The van der Waals surface area contributed by atoms with Crippen molar-refractivity contribution < 1.29 is 4.39 Å². The number of aryl methyl sites for hydroxylation is 1. The van der Waals surface area contributed by atoms with E-state index in [0.717, 1.165) is 26.4 Å². The molecule has 0 aromatic heterocycles. The molecule has 0 saturated heterocycles. The second kappa shape index (κ2) is 5.78. The summed E-state index contributed by atoms with van der Waals surface area (Å²) in [5, 5.41) is 1.66. The standard InChI is InChI=1S/C18H13BrClF/c1-11-6-7-12-4-2-3-5-14(12)17(11)18(20)15-10-13(19)8-9-16(15)21/h2-10,18H,1H3. The van der Waals surface area contributed by atoms with Crippen LogP contribution in [0.5, 0.6) is 0 Å². The van der Waals surface area contributed by atoms with Crippen molar-refractivity contribution in [3.05, 3.63) is 81.6 Å². The molecule has 0 radical (unpaired) electrons. The van der Waals surface area contributed by atoms with Crippen molar-refractivity contribution in [3.8, 4) is 0 Å². The Balaban J connectivity index is 2.24. The molecule has 0 nitrogen and oxygen atoms in total. The van der Waals surface area contributed by atoms with Gasteiger partial charge in [-0.1, -0.05) is 52.3 Å². The Morgan fingerprint density at radius 2 is 1.81 bits per heavy atom. The first-order chi connectivity index (χ1) is 10.1. The molecule has 3 aromatic carbocycles. The van der Waals surface area contributed by atoms with Crippen LogP contribution in [0.15, 0.2) is 59.1 Å². The van der Waals surface area contributed by atoms with E-state index in [1.807, 2.05) is 37.3 Å². The van der Waals surface area contributed by atoms with E-state index in [0.29, 0.717) is 5.56 Å². The first kappa shape index (κ1) is 14.6. The van der Waals surface area contributed by atoms with Gasteiger partial charge in [0.1, 0.15) is 5.82 Å². The third-order valence-electron chi connectivity index (χ3n) is 3.67. The minimum atomic E-state index is -0.520. The Bertz CT molecular complexity index is 813. The highest BCUT2D eigenvalue weighted by Crippen LogP contribution is 2.38. The van der Waals surface area contributed by atoms with Gasteiger partial charge in [-0.05, 0) is 47.0 Å². The minimum absolute atomic E-state index is 0.287. The fraction of sp³-hybridized carbons (Fsp3) is 0.111. The summed E-state index contributed by atoms with van der Waals surface area (Å²) in [6.07, 6.45) is 0. The second-order valence-corrected chi connectivity index (χ2v) is 6.40. The van der Waals surface area contributed by atoms with Crippen LogP contribution in [0.3, 0.4) is 0 Å². The second-order valence-electron chi connectivity index (χ2n) is 5.05. The topological polar surface area (TPSA) is 0 Å². The molecule has 3 rings (SSSR count). The lowest BCUT2D eigenvalue weighted by atomic mass is 9.94. The molecular formula is C18H13BrClF. The monoisotopic (exact) mass is 362 g/mol. The highest BCUT2D eigenvalue weighted by Gasteiger charge is 2.19. The van der Waals surface area contributed by atoms with Gasteiger partial charge >= 0.3 is 0 Å². The van der Waals surface area contributed by atoms with Crippen molar-refractivity contribution in [2.45, 2.75) is 12.3 Å². The van der Waals surface area contributed by atoms with Crippen LogP contribution in [-0.4, -0.2) is 0 Å². The molecular weight excluding hydrogens is 351 g/mol. The van der Waals surface area contributed by atoms with Gasteiger partial charge in [-0.25, -0.2) is 4.39 Å². The Morgan fingerprint density at radius 1 is 1.05 bits per heavy atom. The fourth-order valence-electron chi connectivity index (χ4n) is 2.61. The smallest absolute Gasteiger partial charge is 0.128 e. The molecule has 0 aliphatic heterocycles. The van der Waals surface area contributed by atoms with Crippen molar-refractivity contribution in [2.24, 2.45) is 0 Å². The summed E-state index contributed by atoms with van der Waals surface area (Å²) < 4.78 is 15.0. The highest BCUT2D eigenvalue weighted by molar-refractivity contribution is 9.10. The molecule has 0 saturated carbocycles. The quantitative estimate of drug-likeness (QED) is 0.463. The van der Waals surface area contributed by atoms with E-state index in [1.165, 1.54) is 6.07 Å². The third kappa shape index (κ3) is 2.70. The van der Waals surface area contributed by atoms with Gasteiger partial charge in [0.2, 0.25) is 0 Å². The summed E-state index contributed by atoms with van der Waals surface area (Å²) in [7, 11) is 0. The number of rotatable bonds is 2. The van der Waals surface area contributed by atoms with E-state index >= 15 is 0 Å². The predicted octanol–water partition coefficient (Wildman–Crippen LogP) is 6.38. The van der Waals surface area contributed by atoms with Crippen molar-refractivity contribution in [1.29, 1.82) is 0 Å². The van der Waals surface area contributed by atoms with Gasteiger partial charge in [-0.15, -0.1) is 11.6 Å². The van der Waals surface area contributed by atoms with E-state index in [2.05, 4.69) is 22.0 Å². The molecule has 0 bridgehead atoms. The molecule has 21 heavy (non-hydrogen) atoms. The Morgan fingerprint density at radius 3 is 2.62 bits per heavy atom. The van der Waals surface area contributed by atoms with Gasteiger partial charge in [-0.2, -0.15) is 0 Å². The molecule has 0 spiro atoms. The molecule has 0 amide bonds. The maximum Gasteiger partial charge on any atom is 0.128 e. The molecule has 0 N–H and O–H groups in total. The van der Waals surface area contributed by atoms with E-state index in [-0.39, 0.29) is 5.82 Å². The summed E-state index contributed by atoms with van der Waals surface area (Å²) in [6.45, 7) is 2.01. The summed E-state index contributed by atoms with van der Waals surface area (Å²) in [4.78, 5) is 0. The van der Waals surface area contributed by atoms with Crippen LogP contribution >= 0.6 is 27.5 Å². The average molecular weight is 364 g/mol. The Kier molecular flexibility index (Phi) is 4.01. The average Bonchev–Trinajstić information content (AvgIpc) is 2.49. The zero-order valence-electron chi connectivity index (χ0n) is 11.4. The zero-order valence-corrected chi connectivity index (χ0v) is 13.7. The van der Waals surface area contributed by atoms with E-state index < -0.39 is 5.38 Å². The van der Waals surface area contributed by atoms with Crippen LogP contribution in [0, 0.1) is 12.7 Å². The van der Waals surface area contributed by atoms with Crippen LogP contribution in [0.2, 0.25) is 0 Å². The van der Waals surface area contributed by atoms with Crippen molar-refractivity contribution in [2.75, 3.05) is 0 Å². The van der Waals surface area contributed by atoms with Gasteiger partial charge < -0.3 is 0 Å². The lowest BCUT2D eigenvalue weighted by Crippen LogP contribution is -2.00. The van der Waals surface area contributed by atoms with Gasteiger partial charge in [0.15, 0.2) is 0 Å². The molecule has 3 aromatic rings. The first-order valence-corrected chi connectivity index (χ1v) is 7.88. The SMILES string of the molecule is Cc1ccc2ccccc2c1C(Cl)c1cc(Br)ccc1F. The number of benzene rings is 3. The van der Waals surface area contributed by atoms with Gasteiger partial charge in [0, 0.05) is 10.0 Å². The molecule has 3 heteroatoms.